The predicted octanol–water partition coefficient (Wildman–Crippen LogP) is -37.4. The largest absolute Gasteiger partial charge is 1.00 e. The summed E-state index contributed by atoms with van der Waals surface area (Å²) >= 11 is 0. The number of carboxylic acids is 9. The minimum absolute atomic E-state index is 0. The van der Waals surface area contributed by atoms with Gasteiger partial charge >= 0.3 is 266 Å². The summed E-state index contributed by atoms with van der Waals surface area (Å²) < 4.78 is 0. The van der Waals surface area contributed by atoms with E-state index in [9.17, 15) is 108 Å². The van der Waals surface area contributed by atoms with Gasteiger partial charge in [-0.15, -0.1) is 0 Å². The molecule has 0 aromatic heterocycles. The Labute approximate surface area is 645 Å². The molecule has 0 spiro atoms. The summed E-state index contributed by atoms with van der Waals surface area (Å²) in [5, 5.41) is 113. The van der Waals surface area contributed by atoms with Crippen LogP contribution >= 0.6 is 0 Å². The van der Waals surface area contributed by atoms with Gasteiger partial charge in [0.1, 0.15) is 0 Å². The Balaban J connectivity index is -0.000000623. The molecule has 0 atom stereocenters. The van der Waals surface area contributed by atoms with E-state index in [1.54, 1.807) is 0 Å². The van der Waals surface area contributed by atoms with Crippen LogP contribution in [0.4, 0.5) is 0 Å². The Bertz CT molecular complexity index is 1560. The van der Waals surface area contributed by atoms with E-state index < -0.39 is 254 Å². The summed E-state index contributed by atoms with van der Waals surface area (Å²) in [5.41, 5.74) is -7.39. The zero-order valence-corrected chi connectivity index (χ0v) is 64.5. The molecule has 384 valence electrons. The summed E-state index contributed by atoms with van der Waals surface area (Å²) in [6, 6.07) is 0. The molecule has 0 aliphatic heterocycles. The fraction of sp³-hybridized carbons (Fsp3) is 0.690. The molecule has 0 bridgehead atoms. The summed E-state index contributed by atoms with van der Waals surface area (Å²) in [5.74, 6) is -18.8. The van der Waals surface area contributed by atoms with Crippen LogP contribution in [-0.2, 0) is 62.3 Å². The van der Waals surface area contributed by atoms with Gasteiger partial charge in [0.05, 0.1) is 0 Å². The minimum atomic E-state index is -1.87. The van der Waals surface area contributed by atoms with E-state index in [4.69, 9.17) is 0 Å². The second kappa shape index (κ2) is 53.6. The van der Waals surface area contributed by atoms with E-state index in [2.05, 4.69) is 21.3 Å². The summed E-state index contributed by atoms with van der Waals surface area (Å²) in [6.07, 6.45) is -15.9. The molecule has 35 heteroatoms. The van der Waals surface area contributed by atoms with Crippen LogP contribution in [0.3, 0.4) is 0 Å². The van der Waals surface area contributed by atoms with Gasteiger partial charge in [0.2, 0.25) is 23.6 Å². The fourth-order valence-electron chi connectivity index (χ4n) is 7.83. The van der Waals surface area contributed by atoms with Crippen LogP contribution in [0.2, 0.25) is 0 Å². The van der Waals surface area contributed by atoms with Gasteiger partial charge in [-0.2, -0.15) is 0 Å². The van der Waals surface area contributed by atoms with E-state index in [0.717, 1.165) is 6.92 Å². The van der Waals surface area contributed by atoms with Crippen LogP contribution in [0, 0.1) is 0 Å². The Morgan fingerprint density at radius 3 is 0.468 bits per heavy atom. The molecule has 0 saturated carbocycles. The van der Waals surface area contributed by atoms with Crippen molar-refractivity contribution < 1.29 is 374 Å². The molecule has 0 fully saturated rings. The zero-order chi connectivity index (χ0) is 52.3. The summed E-state index contributed by atoms with van der Waals surface area (Å²) in [6.45, 7) is 0.982. The van der Waals surface area contributed by atoms with E-state index in [0.29, 0.717) is 0 Å². The number of hydrogen-bond acceptors (Lipinski definition) is 22. The van der Waals surface area contributed by atoms with Crippen molar-refractivity contribution in [3.63, 3.8) is 0 Å². The minimum Gasteiger partial charge on any atom is -0.550 e. The van der Waals surface area contributed by atoms with Gasteiger partial charge in [-0.25, -0.2) is 0 Å². The van der Waals surface area contributed by atoms with E-state index >= 15 is 0 Å². The molecule has 0 aromatic rings. The van der Waals surface area contributed by atoms with Crippen molar-refractivity contribution in [2.24, 2.45) is 0 Å². The maximum Gasteiger partial charge on any atom is 1.00 e. The first-order chi connectivity index (χ1) is 31.5. The average molecular weight is 1170 g/mol. The first-order valence-electron chi connectivity index (χ1n) is 21.5. The van der Waals surface area contributed by atoms with Crippen molar-refractivity contribution in [1.29, 1.82) is 0 Å². The molecule has 0 saturated heterocycles. The SMILES string of the molecule is CC(=O)NC(CCC(=O)NC(CCC(=O)[O-])(CCC(=O)[O-])CCC(=O)[O-])(CCC(=O)NC(CCC(=O)[O-])(CCC(=O)[O-])CCC(=O)[O-])CCC(=O)NC(CCC(=O)[O-])(CCC(=O)[O-])CCC(=O)[O-].[Na+].[Na+].[Na+].[Na+].[Na+].[Na+].[Na+].[Na+].[Na+]. The van der Waals surface area contributed by atoms with Crippen molar-refractivity contribution >= 4 is 77.4 Å². The van der Waals surface area contributed by atoms with Gasteiger partial charge in [0, 0.05) is 102 Å². The molecular formula is C42H55N4Na9O22. The molecule has 4 N–H and O–H groups in total. The van der Waals surface area contributed by atoms with Gasteiger partial charge < -0.3 is 110 Å². The first kappa shape index (κ1) is 101. The predicted molar refractivity (Wildman–Crippen MR) is 205 cm³/mol. The van der Waals surface area contributed by atoms with Gasteiger partial charge in [-0.05, 0) is 135 Å². The average Bonchev–Trinajstić information content (AvgIpc) is 3.22. The third kappa shape index (κ3) is 51.1. The van der Waals surface area contributed by atoms with Gasteiger partial charge in [-0.3, -0.25) is 19.2 Å². The molecule has 0 rings (SSSR count). The molecule has 77 heavy (non-hydrogen) atoms. The van der Waals surface area contributed by atoms with Crippen molar-refractivity contribution in [1.82, 2.24) is 21.3 Å². The van der Waals surface area contributed by atoms with Crippen LogP contribution in [0.15, 0.2) is 0 Å². The molecule has 4 amide bonds. The zero-order valence-electron chi connectivity index (χ0n) is 46.5. The number of amides is 4. The Morgan fingerprint density at radius 1 is 0.234 bits per heavy atom. The fourth-order valence-corrected chi connectivity index (χ4v) is 7.83. The van der Waals surface area contributed by atoms with Crippen LogP contribution < -0.4 is 333 Å². The number of carbonyl (C=O) groups excluding carboxylic acids is 13. The Hall–Kier alpha value is 2.11. The second-order valence-corrected chi connectivity index (χ2v) is 16.8. The third-order valence-electron chi connectivity index (χ3n) is 11.4. The van der Waals surface area contributed by atoms with Crippen molar-refractivity contribution in [3.8, 4) is 0 Å². The quantitative estimate of drug-likeness (QED) is 0.0414. The van der Waals surface area contributed by atoms with E-state index in [1.165, 1.54) is 0 Å². The number of carboxylic acid groups (broad SMARTS) is 9. The van der Waals surface area contributed by atoms with Gasteiger partial charge in [-0.1, -0.05) is 0 Å². The van der Waals surface area contributed by atoms with E-state index in [1.807, 2.05) is 0 Å². The molecular weight excluding hydrogens is 1120 g/mol. The van der Waals surface area contributed by atoms with Crippen LogP contribution in [0.1, 0.15) is 161 Å². The van der Waals surface area contributed by atoms with Crippen molar-refractivity contribution in [3.05, 3.63) is 0 Å². The monoisotopic (exact) mass is 1170 g/mol. The topological polar surface area (TPSA) is 478 Å². The molecule has 0 radical (unpaired) electrons. The second-order valence-electron chi connectivity index (χ2n) is 16.8. The van der Waals surface area contributed by atoms with Gasteiger partial charge in [0.15, 0.2) is 0 Å². The number of aliphatic carboxylic acids is 9. The number of rotatable bonds is 40. The van der Waals surface area contributed by atoms with Crippen LogP contribution in [0.25, 0.3) is 0 Å². The number of hydrogen-bond donors (Lipinski definition) is 4. The smallest absolute Gasteiger partial charge is 0.550 e. The number of carbonyl (C=O) groups is 13. The third-order valence-corrected chi connectivity index (χ3v) is 11.4. The maximum atomic E-state index is 13.7. The summed E-state index contributed by atoms with van der Waals surface area (Å²) in [7, 11) is 0. The first-order valence-corrected chi connectivity index (χ1v) is 21.5. The van der Waals surface area contributed by atoms with Crippen LogP contribution in [-0.4, -0.2) is 99.5 Å². The molecule has 0 unspecified atom stereocenters. The molecule has 26 nitrogen and oxygen atoms in total. The Morgan fingerprint density at radius 2 is 0.351 bits per heavy atom. The van der Waals surface area contributed by atoms with Crippen molar-refractivity contribution in [2.45, 2.75) is 183 Å². The molecule has 0 aliphatic carbocycles. The Kier molecular flexibility index (Phi) is 70.3. The molecule has 0 aromatic carbocycles. The summed E-state index contributed by atoms with van der Waals surface area (Å²) in [4.78, 5) is 157. The molecule has 0 heterocycles. The van der Waals surface area contributed by atoms with Gasteiger partial charge in [0.25, 0.3) is 0 Å². The van der Waals surface area contributed by atoms with Crippen LogP contribution in [0.5, 0.6) is 0 Å². The normalized spacial score (nSPS) is 10.3. The van der Waals surface area contributed by atoms with Crippen molar-refractivity contribution in [2.75, 3.05) is 0 Å². The maximum absolute atomic E-state index is 13.7. The molecule has 0 aliphatic rings. The van der Waals surface area contributed by atoms with E-state index in [-0.39, 0.29) is 266 Å². The number of nitrogens with one attached hydrogen (secondary N) is 4. The standard InChI is InChI=1S/C42H64N4O22.9Na/c1-26(47)43-39(14-2-27(48)44-40(17-5-30(51)52,18-6-31(53)54)19-7-32(55)56,15-3-28(49)45-41(20-8-33(57)58,21-9-34(59)60)22-10-35(61)62)16-4-29(50)46-42(23-11-36(63)64,24-12-37(65)66)25-13-38(67)68;;;;;;;;;/h2-25H2,1H3,(H,43,47)(H,44,48)(H,45,49)(H,46,50)(H,51,52)(H,53,54)(H,55,56)(H,57,58)(H,59,60)(H,61,62)(H,63,64)(H,65,66)(H,67,68);;;;;;;;;/q;9*+1/p-9.